The van der Waals surface area contributed by atoms with Gasteiger partial charge in [-0.1, -0.05) is 36.4 Å². The Morgan fingerprint density at radius 1 is 0.923 bits per heavy atom. The molecule has 2 rings (SSSR count). The lowest BCUT2D eigenvalue weighted by molar-refractivity contribution is 0.392. The molecular weight excluding hydrogens is 160 g/mol. The van der Waals surface area contributed by atoms with Crippen molar-refractivity contribution in [1.82, 2.24) is 0 Å². The molecule has 61 valence electrons. The first-order chi connectivity index (χ1) is 6.42. The van der Waals surface area contributed by atoms with Crippen molar-refractivity contribution < 1.29 is 5.11 Å². The third-order valence-corrected chi connectivity index (χ3v) is 1.98. The SMILES string of the molecule is [O]C#Cc1cccc2ccccc12. The van der Waals surface area contributed by atoms with E-state index in [0.717, 1.165) is 16.3 Å². The van der Waals surface area contributed by atoms with Crippen LogP contribution in [0.5, 0.6) is 0 Å². The van der Waals surface area contributed by atoms with E-state index in [0.29, 0.717) is 0 Å². The van der Waals surface area contributed by atoms with E-state index in [-0.39, 0.29) is 0 Å². The molecule has 13 heavy (non-hydrogen) atoms. The number of fused-ring (bicyclic) bond motifs is 1. The summed E-state index contributed by atoms with van der Waals surface area (Å²) in [5, 5.41) is 12.3. The van der Waals surface area contributed by atoms with Gasteiger partial charge in [-0.25, -0.2) is 5.11 Å². The van der Waals surface area contributed by atoms with Crippen molar-refractivity contribution in [3.8, 4) is 12.0 Å². The van der Waals surface area contributed by atoms with E-state index >= 15 is 0 Å². The molecule has 0 aromatic heterocycles. The summed E-state index contributed by atoms with van der Waals surface area (Å²) in [6.07, 6.45) is 1.68. The summed E-state index contributed by atoms with van der Waals surface area (Å²) in [4.78, 5) is 0. The maximum Gasteiger partial charge on any atom is 0.177 e. The molecule has 0 amide bonds. The van der Waals surface area contributed by atoms with E-state index in [1.807, 2.05) is 42.5 Å². The zero-order valence-electron chi connectivity index (χ0n) is 6.95. The fourth-order valence-electron chi connectivity index (χ4n) is 1.39. The first kappa shape index (κ1) is 7.70. The molecule has 0 atom stereocenters. The average molecular weight is 167 g/mol. The van der Waals surface area contributed by atoms with Gasteiger partial charge in [0.25, 0.3) is 0 Å². The van der Waals surface area contributed by atoms with E-state index in [2.05, 4.69) is 5.92 Å². The van der Waals surface area contributed by atoms with Gasteiger partial charge in [0.1, 0.15) is 0 Å². The molecule has 0 unspecified atom stereocenters. The second kappa shape index (κ2) is 3.20. The molecule has 0 heterocycles. The first-order valence-electron chi connectivity index (χ1n) is 4.03. The van der Waals surface area contributed by atoms with Crippen LogP contribution in [0.15, 0.2) is 42.5 Å². The van der Waals surface area contributed by atoms with Crippen LogP contribution in [0.2, 0.25) is 0 Å². The molecule has 0 aliphatic rings. The third kappa shape index (κ3) is 1.34. The highest BCUT2D eigenvalue weighted by Crippen LogP contribution is 2.17. The molecule has 0 saturated carbocycles. The maximum absolute atomic E-state index is 10.2. The molecule has 2 aromatic carbocycles. The standard InChI is InChI=1S/C12H7O/c13-9-8-11-6-3-5-10-4-1-2-7-12(10)11/h1-7H. The topological polar surface area (TPSA) is 19.9 Å². The summed E-state index contributed by atoms with van der Waals surface area (Å²) in [5.74, 6) is 2.54. The molecule has 0 N–H and O–H groups in total. The van der Waals surface area contributed by atoms with E-state index < -0.39 is 0 Å². The lowest BCUT2D eigenvalue weighted by Gasteiger charge is -1.98. The molecule has 1 radical (unpaired) electrons. The molecule has 1 nitrogen and oxygen atoms in total. The van der Waals surface area contributed by atoms with Gasteiger partial charge in [0.2, 0.25) is 0 Å². The van der Waals surface area contributed by atoms with Crippen LogP contribution in [0, 0.1) is 12.0 Å². The van der Waals surface area contributed by atoms with Crippen molar-refractivity contribution in [1.29, 1.82) is 0 Å². The van der Waals surface area contributed by atoms with Gasteiger partial charge in [-0.05, 0) is 22.8 Å². The number of benzene rings is 2. The molecule has 0 fully saturated rings. The summed E-state index contributed by atoms with van der Waals surface area (Å²) < 4.78 is 0. The molecule has 0 bridgehead atoms. The Morgan fingerprint density at radius 2 is 1.69 bits per heavy atom. The van der Waals surface area contributed by atoms with Crippen LogP contribution in [0.1, 0.15) is 5.56 Å². The Balaban J connectivity index is 2.80. The van der Waals surface area contributed by atoms with Gasteiger partial charge in [0, 0.05) is 5.56 Å². The second-order valence-corrected chi connectivity index (χ2v) is 2.75. The predicted octanol–water partition coefficient (Wildman–Crippen LogP) is 2.58. The summed E-state index contributed by atoms with van der Waals surface area (Å²) in [7, 11) is 0. The predicted molar refractivity (Wildman–Crippen MR) is 51.5 cm³/mol. The van der Waals surface area contributed by atoms with Gasteiger partial charge in [-0.15, -0.1) is 0 Å². The summed E-state index contributed by atoms with van der Waals surface area (Å²) in [5.41, 5.74) is 0.799. The number of rotatable bonds is 0. The van der Waals surface area contributed by atoms with Gasteiger partial charge in [0.05, 0.1) is 0 Å². The lowest BCUT2D eigenvalue weighted by atomic mass is 10.1. The Bertz CT molecular complexity index is 484. The van der Waals surface area contributed by atoms with Gasteiger partial charge in [-0.2, -0.15) is 0 Å². The minimum absolute atomic E-state index is 0.799. The first-order valence-corrected chi connectivity index (χ1v) is 4.03. The largest absolute Gasteiger partial charge is 0.224 e. The molecule has 1 heteroatoms. The van der Waals surface area contributed by atoms with E-state index in [4.69, 9.17) is 0 Å². The monoisotopic (exact) mass is 167 g/mol. The highest BCUT2D eigenvalue weighted by atomic mass is 16.2. The summed E-state index contributed by atoms with van der Waals surface area (Å²) in [6.45, 7) is 0. The van der Waals surface area contributed by atoms with E-state index in [9.17, 15) is 5.11 Å². The van der Waals surface area contributed by atoms with Crippen molar-refractivity contribution in [3.63, 3.8) is 0 Å². The quantitative estimate of drug-likeness (QED) is 0.537. The second-order valence-electron chi connectivity index (χ2n) is 2.75. The highest BCUT2D eigenvalue weighted by molar-refractivity contribution is 5.87. The minimum atomic E-state index is 0.799. The molecule has 0 aliphatic carbocycles. The van der Waals surface area contributed by atoms with Crippen LogP contribution in [0.4, 0.5) is 0 Å². The fourth-order valence-corrected chi connectivity index (χ4v) is 1.39. The molecule has 0 spiro atoms. The zero-order valence-corrected chi connectivity index (χ0v) is 6.95. The lowest BCUT2D eigenvalue weighted by Crippen LogP contribution is -1.77. The fraction of sp³-hybridized carbons (Fsp3) is 0. The van der Waals surface area contributed by atoms with Gasteiger partial charge >= 0.3 is 0 Å². The molecular formula is C12H7O. The number of hydrogen-bond donors (Lipinski definition) is 0. The normalized spacial score (nSPS) is 9.23. The van der Waals surface area contributed by atoms with E-state index in [1.165, 1.54) is 0 Å². The van der Waals surface area contributed by atoms with E-state index in [1.54, 1.807) is 6.11 Å². The average Bonchev–Trinajstić information content (AvgIpc) is 2.19. The smallest absolute Gasteiger partial charge is 0.177 e. The third-order valence-electron chi connectivity index (χ3n) is 1.98. The maximum atomic E-state index is 10.2. The minimum Gasteiger partial charge on any atom is -0.224 e. The Hall–Kier alpha value is -1.94. The Morgan fingerprint density at radius 3 is 2.54 bits per heavy atom. The molecule has 0 aliphatic heterocycles. The van der Waals surface area contributed by atoms with Gasteiger partial charge < -0.3 is 0 Å². The van der Waals surface area contributed by atoms with Crippen LogP contribution >= 0.6 is 0 Å². The molecule has 2 aromatic rings. The van der Waals surface area contributed by atoms with Crippen molar-refractivity contribution in [2.75, 3.05) is 0 Å². The Kier molecular flexibility index (Phi) is 1.90. The summed E-state index contributed by atoms with van der Waals surface area (Å²) in [6, 6.07) is 13.6. The van der Waals surface area contributed by atoms with Crippen LogP contribution in [0.3, 0.4) is 0 Å². The van der Waals surface area contributed by atoms with Gasteiger partial charge in [0.15, 0.2) is 6.11 Å². The van der Waals surface area contributed by atoms with Crippen molar-refractivity contribution in [3.05, 3.63) is 48.0 Å². The van der Waals surface area contributed by atoms with Crippen molar-refractivity contribution >= 4 is 10.8 Å². The van der Waals surface area contributed by atoms with Crippen LogP contribution < -0.4 is 0 Å². The molecule has 0 saturated heterocycles. The zero-order chi connectivity index (χ0) is 9.10. The number of hydrogen-bond acceptors (Lipinski definition) is 0. The highest BCUT2D eigenvalue weighted by Gasteiger charge is 1.95. The van der Waals surface area contributed by atoms with Gasteiger partial charge in [-0.3, -0.25) is 0 Å². The van der Waals surface area contributed by atoms with Crippen LogP contribution in [-0.2, 0) is 5.11 Å². The van der Waals surface area contributed by atoms with Crippen molar-refractivity contribution in [2.45, 2.75) is 0 Å². The van der Waals surface area contributed by atoms with Crippen molar-refractivity contribution in [2.24, 2.45) is 0 Å². The van der Waals surface area contributed by atoms with Crippen LogP contribution in [0.25, 0.3) is 10.8 Å². The summed E-state index contributed by atoms with van der Waals surface area (Å²) >= 11 is 0. The van der Waals surface area contributed by atoms with Crippen LogP contribution in [-0.4, -0.2) is 0 Å². The Labute approximate surface area is 76.6 Å².